The van der Waals surface area contributed by atoms with Crippen molar-refractivity contribution in [3.63, 3.8) is 0 Å². The Morgan fingerprint density at radius 2 is 0.474 bits per heavy atom. The number of hydrogen-bond acceptors (Lipinski definition) is 6. The van der Waals surface area contributed by atoms with Crippen LogP contribution in [0.2, 0.25) is 0 Å². The Morgan fingerprint density at radius 1 is 0.263 bits per heavy atom. The molecule has 0 aromatic carbocycles. The zero-order valence-corrected chi connectivity index (χ0v) is 51.0. The van der Waals surface area contributed by atoms with E-state index >= 15 is 0 Å². The highest BCUT2D eigenvalue weighted by Gasteiger charge is 2.19. The minimum Gasteiger partial charge on any atom is -0.462 e. The normalized spacial score (nSPS) is 12.3. The molecule has 6 heteroatoms. The molecule has 1 unspecified atom stereocenters. The second-order valence-electron chi connectivity index (χ2n) is 22.7. The SMILES string of the molecule is CCCCCCC/C=C\C/C=C\C/C=C\CCCCCCCCC(=O)OCC(COC(=O)CCCCCCCCCCCCCCCCCCCC)OC(=O)CCCCCCCCCCC/C=C\CCCCCCCC. The molecule has 1 atom stereocenters. The summed E-state index contributed by atoms with van der Waals surface area (Å²) in [6.07, 6.45) is 81.1. The van der Waals surface area contributed by atoms with E-state index in [1.165, 1.54) is 244 Å². The molecule has 6 nitrogen and oxygen atoms in total. The van der Waals surface area contributed by atoms with Crippen molar-refractivity contribution in [2.75, 3.05) is 13.2 Å². The molecule has 0 heterocycles. The first-order valence-electron chi connectivity index (χ1n) is 33.6. The maximum absolute atomic E-state index is 12.9. The first-order valence-corrected chi connectivity index (χ1v) is 33.6. The van der Waals surface area contributed by atoms with Gasteiger partial charge in [0.05, 0.1) is 0 Å². The molecule has 0 rings (SSSR count). The van der Waals surface area contributed by atoms with Crippen molar-refractivity contribution in [2.24, 2.45) is 0 Å². The average molecular weight is 1070 g/mol. The van der Waals surface area contributed by atoms with Gasteiger partial charge in [0.2, 0.25) is 0 Å². The highest BCUT2D eigenvalue weighted by atomic mass is 16.6. The van der Waals surface area contributed by atoms with Crippen LogP contribution >= 0.6 is 0 Å². The van der Waals surface area contributed by atoms with E-state index in [2.05, 4.69) is 69.4 Å². The first-order chi connectivity index (χ1) is 37.5. The van der Waals surface area contributed by atoms with Crippen LogP contribution in [0.5, 0.6) is 0 Å². The van der Waals surface area contributed by atoms with Crippen molar-refractivity contribution < 1.29 is 28.6 Å². The summed E-state index contributed by atoms with van der Waals surface area (Å²) in [4.78, 5) is 38.4. The number of unbranched alkanes of at least 4 members (excludes halogenated alkanes) is 43. The van der Waals surface area contributed by atoms with Crippen LogP contribution in [0.3, 0.4) is 0 Å². The van der Waals surface area contributed by atoms with Gasteiger partial charge < -0.3 is 14.2 Å². The van der Waals surface area contributed by atoms with Crippen LogP contribution in [0.4, 0.5) is 0 Å². The van der Waals surface area contributed by atoms with Gasteiger partial charge in [-0.1, -0.05) is 307 Å². The molecule has 0 aliphatic carbocycles. The van der Waals surface area contributed by atoms with Crippen molar-refractivity contribution in [2.45, 2.75) is 367 Å². The van der Waals surface area contributed by atoms with Crippen molar-refractivity contribution >= 4 is 17.9 Å². The molecular weight excluding hydrogens is 937 g/mol. The third-order valence-corrected chi connectivity index (χ3v) is 15.1. The van der Waals surface area contributed by atoms with E-state index in [1.807, 2.05) is 0 Å². The summed E-state index contributed by atoms with van der Waals surface area (Å²) < 4.78 is 17.0. The number of rotatable bonds is 62. The Hall–Kier alpha value is -2.63. The van der Waals surface area contributed by atoms with Gasteiger partial charge in [0.1, 0.15) is 13.2 Å². The fourth-order valence-electron chi connectivity index (χ4n) is 9.98. The molecule has 0 amide bonds. The van der Waals surface area contributed by atoms with Gasteiger partial charge in [0.25, 0.3) is 0 Å². The standard InChI is InChI=1S/C70H128O6/c1-4-7-10-13-16-19-22-25-28-31-34-35-37-39-42-45-48-51-54-57-60-63-69(72)75-66-67(65-74-68(71)62-59-56-53-50-47-44-41-38-33-30-27-24-21-18-15-12-9-6-3)76-70(73)64-61-58-55-52-49-46-43-40-36-32-29-26-23-20-17-14-11-8-5-2/h22,25-26,29,31,34,37,39,67H,4-21,23-24,27-28,30,32-33,35-36,38,40-66H2,1-3H3/b25-22-,29-26-,34-31-,39-37-. The Balaban J connectivity index is 4.36. The van der Waals surface area contributed by atoms with Gasteiger partial charge in [0, 0.05) is 19.3 Å². The van der Waals surface area contributed by atoms with Gasteiger partial charge in [0.15, 0.2) is 6.10 Å². The quantitative estimate of drug-likeness (QED) is 0.0261. The highest BCUT2D eigenvalue weighted by Crippen LogP contribution is 2.17. The van der Waals surface area contributed by atoms with Crippen LogP contribution in [0, 0.1) is 0 Å². The lowest BCUT2D eigenvalue weighted by Gasteiger charge is -2.18. The molecule has 0 aromatic rings. The number of esters is 3. The van der Waals surface area contributed by atoms with E-state index in [1.54, 1.807) is 0 Å². The lowest BCUT2D eigenvalue weighted by Crippen LogP contribution is -2.30. The molecule has 0 aliphatic rings. The number of allylic oxidation sites excluding steroid dienone is 8. The van der Waals surface area contributed by atoms with Crippen LogP contribution in [-0.4, -0.2) is 37.2 Å². The molecule has 0 fully saturated rings. The topological polar surface area (TPSA) is 78.9 Å². The summed E-state index contributed by atoms with van der Waals surface area (Å²) in [6, 6.07) is 0. The van der Waals surface area contributed by atoms with E-state index in [9.17, 15) is 14.4 Å². The smallest absolute Gasteiger partial charge is 0.306 e. The van der Waals surface area contributed by atoms with Crippen molar-refractivity contribution in [3.8, 4) is 0 Å². The van der Waals surface area contributed by atoms with Crippen LogP contribution in [0.1, 0.15) is 361 Å². The number of ether oxygens (including phenoxy) is 3. The Morgan fingerprint density at radius 3 is 0.750 bits per heavy atom. The molecule has 0 aliphatic heterocycles. The molecule has 0 bridgehead atoms. The van der Waals surface area contributed by atoms with Crippen molar-refractivity contribution in [1.82, 2.24) is 0 Å². The lowest BCUT2D eigenvalue weighted by molar-refractivity contribution is -0.167. The minimum absolute atomic E-state index is 0.0742. The molecule has 76 heavy (non-hydrogen) atoms. The van der Waals surface area contributed by atoms with Gasteiger partial charge in [-0.2, -0.15) is 0 Å². The summed E-state index contributed by atoms with van der Waals surface area (Å²) in [7, 11) is 0. The largest absolute Gasteiger partial charge is 0.462 e. The molecule has 0 saturated heterocycles. The zero-order chi connectivity index (χ0) is 55.0. The van der Waals surface area contributed by atoms with Gasteiger partial charge in [-0.3, -0.25) is 14.4 Å². The molecule has 0 aromatic heterocycles. The third-order valence-electron chi connectivity index (χ3n) is 15.1. The van der Waals surface area contributed by atoms with E-state index in [-0.39, 0.29) is 31.1 Å². The van der Waals surface area contributed by atoms with E-state index in [0.717, 1.165) is 77.0 Å². The maximum atomic E-state index is 12.9. The summed E-state index contributed by atoms with van der Waals surface area (Å²) in [5.74, 6) is -0.865. The maximum Gasteiger partial charge on any atom is 0.306 e. The van der Waals surface area contributed by atoms with Gasteiger partial charge in [-0.05, 0) is 83.5 Å². The average Bonchev–Trinajstić information content (AvgIpc) is 3.42. The van der Waals surface area contributed by atoms with E-state index in [0.29, 0.717) is 19.3 Å². The van der Waals surface area contributed by atoms with Gasteiger partial charge >= 0.3 is 17.9 Å². The molecule has 0 radical (unpaired) electrons. The molecular formula is C70H128O6. The molecule has 0 saturated carbocycles. The van der Waals surface area contributed by atoms with Crippen molar-refractivity contribution in [3.05, 3.63) is 48.6 Å². The molecule has 0 spiro atoms. The lowest BCUT2D eigenvalue weighted by atomic mass is 10.0. The minimum atomic E-state index is -0.779. The van der Waals surface area contributed by atoms with E-state index in [4.69, 9.17) is 14.2 Å². The van der Waals surface area contributed by atoms with Gasteiger partial charge in [-0.15, -0.1) is 0 Å². The van der Waals surface area contributed by atoms with Crippen LogP contribution in [-0.2, 0) is 28.6 Å². The Bertz CT molecular complexity index is 1310. The zero-order valence-electron chi connectivity index (χ0n) is 51.0. The van der Waals surface area contributed by atoms with E-state index < -0.39 is 6.10 Å². The number of carbonyl (C=O) groups excluding carboxylic acids is 3. The third kappa shape index (κ3) is 62.2. The van der Waals surface area contributed by atoms with Crippen LogP contribution in [0.15, 0.2) is 48.6 Å². The highest BCUT2D eigenvalue weighted by molar-refractivity contribution is 5.71. The second-order valence-corrected chi connectivity index (χ2v) is 22.7. The predicted molar refractivity (Wildman–Crippen MR) is 330 cm³/mol. The molecule has 0 N–H and O–H groups in total. The monoisotopic (exact) mass is 1060 g/mol. The second kappa shape index (κ2) is 64.9. The summed E-state index contributed by atoms with van der Waals surface area (Å²) in [6.45, 7) is 6.68. The Kier molecular flexibility index (Phi) is 62.6. The van der Waals surface area contributed by atoms with Crippen LogP contribution < -0.4 is 0 Å². The predicted octanol–water partition coefficient (Wildman–Crippen LogP) is 22.9. The van der Waals surface area contributed by atoms with Crippen molar-refractivity contribution in [1.29, 1.82) is 0 Å². The summed E-state index contributed by atoms with van der Waals surface area (Å²) >= 11 is 0. The fraction of sp³-hybridized carbons (Fsp3) is 0.843. The van der Waals surface area contributed by atoms with Crippen LogP contribution in [0.25, 0.3) is 0 Å². The number of hydrogen-bond donors (Lipinski definition) is 0. The summed E-state index contributed by atoms with van der Waals surface area (Å²) in [5, 5.41) is 0. The Labute approximate surface area is 473 Å². The number of carbonyl (C=O) groups is 3. The molecule has 444 valence electrons. The fourth-order valence-corrected chi connectivity index (χ4v) is 9.98. The summed E-state index contributed by atoms with van der Waals surface area (Å²) in [5.41, 5.74) is 0. The first kappa shape index (κ1) is 73.4. The van der Waals surface area contributed by atoms with Gasteiger partial charge in [-0.25, -0.2) is 0 Å².